The molecule has 3 heteroatoms. The number of hydrogen-bond acceptors (Lipinski definition) is 2. The highest BCUT2D eigenvalue weighted by Gasteiger charge is 2.23. The molecule has 0 aliphatic heterocycles. The lowest BCUT2D eigenvalue weighted by Crippen LogP contribution is -2.24. The second kappa shape index (κ2) is 6.20. The van der Waals surface area contributed by atoms with Gasteiger partial charge in [0.2, 0.25) is 0 Å². The maximum Gasteiger partial charge on any atom is 0.0521 e. The van der Waals surface area contributed by atoms with E-state index in [1.54, 1.807) is 0 Å². The molecule has 0 saturated heterocycles. The number of hydrogen-bond donors (Lipinski definition) is 1. The Kier molecular flexibility index (Phi) is 4.60. The smallest absolute Gasteiger partial charge is 0.0521 e. The molecule has 1 aromatic heterocycles. The molecule has 1 saturated carbocycles. The van der Waals surface area contributed by atoms with Crippen molar-refractivity contribution in [2.45, 2.75) is 52.0 Å². The second-order valence-corrected chi connectivity index (χ2v) is 5.30. The van der Waals surface area contributed by atoms with E-state index in [2.05, 4.69) is 18.2 Å². The molecular formula is C14H25N3. The Morgan fingerprint density at radius 2 is 2.06 bits per heavy atom. The molecule has 1 aliphatic rings. The van der Waals surface area contributed by atoms with Crippen molar-refractivity contribution in [2.24, 2.45) is 17.6 Å². The first-order chi connectivity index (χ1) is 8.33. The van der Waals surface area contributed by atoms with Gasteiger partial charge in [0.1, 0.15) is 0 Å². The van der Waals surface area contributed by atoms with Gasteiger partial charge in [0.05, 0.1) is 6.20 Å². The highest BCUT2D eigenvalue weighted by molar-refractivity contribution is 5.05. The number of aryl methyl sites for hydroxylation is 1. The van der Waals surface area contributed by atoms with E-state index >= 15 is 0 Å². The van der Waals surface area contributed by atoms with Gasteiger partial charge < -0.3 is 5.73 Å². The third-order valence-electron chi connectivity index (χ3n) is 4.13. The van der Waals surface area contributed by atoms with Crippen molar-refractivity contribution in [3.63, 3.8) is 0 Å². The molecule has 0 bridgehead atoms. The fourth-order valence-electron chi connectivity index (χ4n) is 3.03. The lowest BCUT2D eigenvalue weighted by atomic mass is 9.84. The molecule has 0 radical (unpaired) electrons. The first kappa shape index (κ1) is 12.6. The SMILES string of the molecule is CCn1cc(CC2CCCCCC2CN)cn1. The molecule has 17 heavy (non-hydrogen) atoms. The fourth-order valence-corrected chi connectivity index (χ4v) is 3.03. The molecule has 1 fully saturated rings. The normalized spacial score (nSPS) is 25.8. The van der Waals surface area contributed by atoms with Gasteiger partial charge in [-0.2, -0.15) is 5.10 Å². The molecule has 2 atom stereocenters. The number of nitrogens with zero attached hydrogens (tertiary/aromatic N) is 2. The molecule has 0 spiro atoms. The predicted molar refractivity (Wildman–Crippen MR) is 70.7 cm³/mol. The first-order valence-electron chi connectivity index (χ1n) is 7.05. The van der Waals surface area contributed by atoms with Crippen molar-refractivity contribution in [3.8, 4) is 0 Å². The van der Waals surface area contributed by atoms with E-state index in [0.29, 0.717) is 0 Å². The van der Waals surface area contributed by atoms with Crippen LogP contribution in [0.2, 0.25) is 0 Å². The predicted octanol–water partition coefficient (Wildman–Crippen LogP) is 2.60. The molecule has 2 N–H and O–H groups in total. The zero-order valence-corrected chi connectivity index (χ0v) is 10.9. The average Bonchev–Trinajstić information content (AvgIpc) is 2.68. The van der Waals surface area contributed by atoms with Crippen LogP contribution >= 0.6 is 0 Å². The van der Waals surface area contributed by atoms with Gasteiger partial charge in [0.15, 0.2) is 0 Å². The maximum absolute atomic E-state index is 5.93. The van der Waals surface area contributed by atoms with Crippen LogP contribution in [-0.2, 0) is 13.0 Å². The Balaban J connectivity index is 1.99. The second-order valence-electron chi connectivity index (χ2n) is 5.30. The van der Waals surface area contributed by atoms with Gasteiger partial charge in [-0.3, -0.25) is 4.68 Å². The van der Waals surface area contributed by atoms with Gasteiger partial charge in [-0.1, -0.05) is 19.3 Å². The summed E-state index contributed by atoms with van der Waals surface area (Å²) in [5.41, 5.74) is 7.31. The Morgan fingerprint density at radius 1 is 1.29 bits per heavy atom. The van der Waals surface area contributed by atoms with Crippen molar-refractivity contribution >= 4 is 0 Å². The van der Waals surface area contributed by atoms with Crippen molar-refractivity contribution < 1.29 is 0 Å². The third kappa shape index (κ3) is 3.32. The fraction of sp³-hybridized carbons (Fsp3) is 0.786. The highest BCUT2D eigenvalue weighted by atomic mass is 15.3. The Hall–Kier alpha value is -0.830. The topological polar surface area (TPSA) is 43.8 Å². The van der Waals surface area contributed by atoms with Crippen LogP contribution in [0.25, 0.3) is 0 Å². The van der Waals surface area contributed by atoms with E-state index in [1.165, 1.54) is 44.1 Å². The van der Waals surface area contributed by atoms with E-state index in [-0.39, 0.29) is 0 Å². The minimum absolute atomic E-state index is 0.725. The molecule has 0 amide bonds. The summed E-state index contributed by atoms with van der Waals surface area (Å²) in [7, 11) is 0. The van der Waals surface area contributed by atoms with Crippen LogP contribution in [0.3, 0.4) is 0 Å². The number of rotatable bonds is 4. The summed E-state index contributed by atoms with van der Waals surface area (Å²) >= 11 is 0. The molecule has 96 valence electrons. The van der Waals surface area contributed by atoms with Crippen LogP contribution in [0.15, 0.2) is 12.4 Å². The Morgan fingerprint density at radius 3 is 2.71 bits per heavy atom. The molecule has 1 aliphatic carbocycles. The van der Waals surface area contributed by atoms with Gasteiger partial charge >= 0.3 is 0 Å². The molecule has 2 rings (SSSR count). The van der Waals surface area contributed by atoms with Gasteiger partial charge in [0, 0.05) is 12.7 Å². The average molecular weight is 235 g/mol. The summed E-state index contributed by atoms with van der Waals surface area (Å²) in [6, 6.07) is 0. The van der Waals surface area contributed by atoms with E-state index in [1.807, 2.05) is 10.9 Å². The van der Waals surface area contributed by atoms with E-state index < -0.39 is 0 Å². The number of aromatic nitrogens is 2. The van der Waals surface area contributed by atoms with Crippen molar-refractivity contribution in [1.82, 2.24) is 9.78 Å². The monoisotopic (exact) mass is 235 g/mol. The summed E-state index contributed by atoms with van der Waals surface area (Å²) in [6.45, 7) is 3.95. The maximum atomic E-state index is 5.93. The Labute approximate surface area is 104 Å². The summed E-state index contributed by atoms with van der Waals surface area (Å²) in [6.07, 6.45) is 12.2. The van der Waals surface area contributed by atoms with Gasteiger partial charge in [-0.05, 0) is 50.1 Å². The summed E-state index contributed by atoms with van der Waals surface area (Å²) in [5, 5.41) is 4.36. The minimum Gasteiger partial charge on any atom is -0.330 e. The lowest BCUT2D eigenvalue weighted by Gasteiger charge is -2.23. The summed E-state index contributed by atoms with van der Waals surface area (Å²) in [4.78, 5) is 0. The highest BCUT2D eigenvalue weighted by Crippen LogP contribution is 2.30. The van der Waals surface area contributed by atoms with E-state index in [0.717, 1.165) is 24.9 Å². The molecule has 1 aromatic rings. The third-order valence-corrected chi connectivity index (χ3v) is 4.13. The summed E-state index contributed by atoms with van der Waals surface area (Å²) < 4.78 is 2.02. The molecule has 0 aromatic carbocycles. The molecule has 1 heterocycles. The number of nitrogens with two attached hydrogens (primary N) is 1. The van der Waals surface area contributed by atoms with Gasteiger partial charge in [-0.15, -0.1) is 0 Å². The van der Waals surface area contributed by atoms with Crippen molar-refractivity contribution in [2.75, 3.05) is 6.54 Å². The molecule has 2 unspecified atom stereocenters. The van der Waals surface area contributed by atoms with E-state index in [4.69, 9.17) is 5.73 Å². The lowest BCUT2D eigenvalue weighted by molar-refractivity contribution is 0.318. The van der Waals surface area contributed by atoms with Crippen LogP contribution in [0.5, 0.6) is 0 Å². The van der Waals surface area contributed by atoms with Crippen LogP contribution in [0.1, 0.15) is 44.6 Å². The van der Waals surface area contributed by atoms with Crippen LogP contribution in [-0.4, -0.2) is 16.3 Å². The standard InChI is InChI=1S/C14H25N3/c1-2-17-11-12(10-16-17)8-13-6-4-3-5-7-14(13)9-15/h10-11,13-14H,2-9,15H2,1H3. The van der Waals surface area contributed by atoms with Crippen molar-refractivity contribution in [3.05, 3.63) is 18.0 Å². The van der Waals surface area contributed by atoms with Crippen LogP contribution in [0, 0.1) is 11.8 Å². The van der Waals surface area contributed by atoms with Gasteiger partial charge in [-0.25, -0.2) is 0 Å². The molecule has 3 nitrogen and oxygen atoms in total. The minimum atomic E-state index is 0.725. The Bertz CT molecular complexity index is 332. The molecular weight excluding hydrogens is 210 g/mol. The first-order valence-corrected chi connectivity index (χ1v) is 7.05. The van der Waals surface area contributed by atoms with Crippen LogP contribution in [0.4, 0.5) is 0 Å². The van der Waals surface area contributed by atoms with E-state index in [9.17, 15) is 0 Å². The quantitative estimate of drug-likeness (QED) is 0.815. The summed E-state index contributed by atoms with van der Waals surface area (Å²) in [5.74, 6) is 1.50. The van der Waals surface area contributed by atoms with Crippen molar-refractivity contribution in [1.29, 1.82) is 0 Å². The zero-order chi connectivity index (χ0) is 12.1. The largest absolute Gasteiger partial charge is 0.330 e. The zero-order valence-electron chi connectivity index (χ0n) is 10.9. The van der Waals surface area contributed by atoms with Crippen LogP contribution < -0.4 is 5.73 Å². The van der Waals surface area contributed by atoms with Gasteiger partial charge in [0.25, 0.3) is 0 Å².